The lowest BCUT2D eigenvalue weighted by Crippen LogP contribution is -2.22. The smallest absolute Gasteiger partial charge is 0.267 e. The predicted octanol–water partition coefficient (Wildman–Crippen LogP) is 4.09. The minimum absolute atomic E-state index is 0.0834. The average Bonchev–Trinajstić information content (AvgIpc) is 3.23. The highest BCUT2D eigenvalue weighted by molar-refractivity contribution is 7.99. The van der Waals surface area contributed by atoms with Gasteiger partial charge in [0.05, 0.1) is 16.8 Å². The number of fused-ring (bicyclic) bond motifs is 1. The van der Waals surface area contributed by atoms with E-state index >= 15 is 0 Å². The maximum absolute atomic E-state index is 13.3. The number of thiophene rings is 1. The van der Waals surface area contributed by atoms with Gasteiger partial charge in [-0.3, -0.25) is 14.2 Å². The van der Waals surface area contributed by atoms with Gasteiger partial charge < -0.3 is 9.84 Å². The summed E-state index contributed by atoms with van der Waals surface area (Å²) in [5.74, 6) is 0.804. The zero-order chi connectivity index (χ0) is 20.5. The van der Waals surface area contributed by atoms with E-state index in [1.54, 1.807) is 17.6 Å². The van der Waals surface area contributed by atoms with Crippen molar-refractivity contribution in [2.75, 3.05) is 11.1 Å². The molecule has 0 radical (unpaired) electrons. The van der Waals surface area contributed by atoms with Crippen molar-refractivity contribution >= 4 is 45.0 Å². The standard InChI is InChI=1S/C20H18N4O3S2/c1-11-9-15(23-27-11)21-16(25)10-28-20-22-18-17(12(2)13(3)29-18)19(26)24(20)14-7-5-4-6-8-14/h4-9H,10H2,1-3H3,(H,21,23,25). The van der Waals surface area contributed by atoms with E-state index in [1.165, 1.54) is 23.1 Å². The van der Waals surface area contributed by atoms with E-state index in [-0.39, 0.29) is 17.2 Å². The molecule has 0 saturated heterocycles. The highest BCUT2D eigenvalue weighted by Crippen LogP contribution is 2.29. The van der Waals surface area contributed by atoms with Crippen LogP contribution in [0.15, 0.2) is 50.9 Å². The van der Waals surface area contributed by atoms with Gasteiger partial charge in [0.25, 0.3) is 5.56 Å². The summed E-state index contributed by atoms with van der Waals surface area (Å²) < 4.78 is 6.52. The Bertz CT molecular complexity index is 1260. The van der Waals surface area contributed by atoms with Crippen LogP contribution in [-0.2, 0) is 4.79 Å². The van der Waals surface area contributed by atoms with Gasteiger partial charge >= 0.3 is 0 Å². The van der Waals surface area contributed by atoms with E-state index in [9.17, 15) is 9.59 Å². The summed E-state index contributed by atoms with van der Waals surface area (Å²) in [7, 11) is 0. The molecule has 4 rings (SSSR count). The maximum Gasteiger partial charge on any atom is 0.267 e. The van der Waals surface area contributed by atoms with Gasteiger partial charge in [-0.1, -0.05) is 35.1 Å². The molecule has 3 aromatic heterocycles. The van der Waals surface area contributed by atoms with Gasteiger partial charge in [-0.05, 0) is 38.5 Å². The van der Waals surface area contributed by atoms with Crippen molar-refractivity contribution in [2.24, 2.45) is 0 Å². The largest absolute Gasteiger partial charge is 0.360 e. The fraction of sp³-hybridized carbons (Fsp3) is 0.200. The maximum atomic E-state index is 13.3. The van der Waals surface area contributed by atoms with Gasteiger partial charge in [0.2, 0.25) is 5.91 Å². The molecule has 4 aromatic rings. The molecule has 7 nitrogen and oxygen atoms in total. The molecule has 29 heavy (non-hydrogen) atoms. The predicted molar refractivity (Wildman–Crippen MR) is 115 cm³/mol. The summed E-state index contributed by atoms with van der Waals surface area (Å²) in [6.45, 7) is 5.67. The summed E-state index contributed by atoms with van der Waals surface area (Å²) >= 11 is 2.70. The number of benzene rings is 1. The summed E-state index contributed by atoms with van der Waals surface area (Å²) in [5.41, 5.74) is 1.53. The van der Waals surface area contributed by atoms with E-state index in [2.05, 4.69) is 10.5 Å². The van der Waals surface area contributed by atoms with Gasteiger partial charge in [-0.2, -0.15) is 0 Å². The van der Waals surface area contributed by atoms with E-state index in [0.29, 0.717) is 32.6 Å². The lowest BCUT2D eigenvalue weighted by atomic mass is 10.2. The molecule has 1 amide bonds. The molecule has 1 aromatic carbocycles. The number of amides is 1. The Morgan fingerprint density at radius 2 is 2.00 bits per heavy atom. The van der Waals surface area contributed by atoms with Crippen molar-refractivity contribution in [1.82, 2.24) is 14.7 Å². The Morgan fingerprint density at radius 1 is 1.24 bits per heavy atom. The van der Waals surface area contributed by atoms with E-state index in [1.807, 2.05) is 44.2 Å². The van der Waals surface area contributed by atoms with Crippen molar-refractivity contribution in [3.05, 3.63) is 63.0 Å². The molecular weight excluding hydrogens is 408 g/mol. The van der Waals surface area contributed by atoms with E-state index in [4.69, 9.17) is 9.51 Å². The molecule has 0 aliphatic heterocycles. The van der Waals surface area contributed by atoms with Crippen LogP contribution >= 0.6 is 23.1 Å². The van der Waals surface area contributed by atoms with Crippen LogP contribution in [0.1, 0.15) is 16.2 Å². The van der Waals surface area contributed by atoms with Crippen molar-refractivity contribution in [1.29, 1.82) is 0 Å². The summed E-state index contributed by atoms with van der Waals surface area (Å²) in [4.78, 5) is 32.1. The quantitative estimate of drug-likeness (QED) is 0.382. The summed E-state index contributed by atoms with van der Waals surface area (Å²) in [6.07, 6.45) is 0. The first-order chi connectivity index (χ1) is 13.9. The molecule has 0 aliphatic carbocycles. The van der Waals surface area contributed by atoms with Crippen molar-refractivity contribution in [2.45, 2.75) is 25.9 Å². The van der Waals surface area contributed by atoms with E-state index in [0.717, 1.165) is 10.4 Å². The number of rotatable bonds is 5. The van der Waals surface area contributed by atoms with Crippen LogP contribution < -0.4 is 10.9 Å². The van der Waals surface area contributed by atoms with Crippen LogP contribution in [-0.4, -0.2) is 26.4 Å². The third-order valence-electron chi connectivity index (χ3n) is 4.41. The lowest BCUT2D eigenvalue weighted by Gasteiger charge is -2.12. The minimum atomic E-state index is -0.254. The number of hydrogen-bond donors (Lipinski definition) is 1. The van der Waals surface area contributed by atoms with Crippen LogP contribution in [0.5, 0.6) is 0 Å². The first-order valence-corrected chi connectivity index (χ1v) is 10.7. The highest BCUT2D eigenvalue weighted by Gasteiger charge is 2.19. The van der Waals surface area contributed by atoms with Gasteiger partial charge in [0.15, 0.2) is 11.0 Å². The third kappa shape index (κ3) is 3.83. The number of anilines is 1. The Balaban J connectivity index is 1.71. The molecule has 3 heterocycles. The second kappa shape index (κ2) is 7.84. The fourth-order valence-electron chi connectivity index (χ4n) is 2.91. The number of aryl methyl sites for hydroxylation is 3. The zero-order valence-corrected chi connectivity index (χ0v) is 17.7. The number of nitrogens with one attached hydrogen (secondary N) is 1. The van der Waals surface area contributed by atoms with Crippen LogP contribution in [0.4, 0.5) is 5.82 Å². The van der Waals surface area contributed by atoms with Crippen LogP contribution in [0, 0.1) is 20.8 Å². The Labute approximate surface area is 174 Å². The second-order valence-corrected chi connectivity index (χ2v) is 8.64. The van der Waals surface area contributed by atoms with Gasteiger partial charge in [-0.15, -0.1) is 11.3 Å². The number of nitrogens with zero attached hydrogens (tertiary/aromatic N) is 3. The third-order valence-corrected chi connectivity index (χ3v) is 6.45. The molecule has 0 saturated carbocycles. The van der Waals surface area contributed by atoms with Gasteiger partial charge in [-0.25, -0.2) is 4.98 Å². The lowest BCUT2D eigenvalue weighted by molar-refractivity contribution is -0.113. The molecule has 0 unspecified atom stereocenters. The normalized spacial score (nSPS) is 11.1. The number of carbonyl (C=O) groups is 1. The Kier molecular flexibility index (Phi) is 5.25. The van der Waals surface area contributed by atoms with Crippen molar-refractivity contribution in [3.8, 4) is 5.69 Å². The number of thioether (sulfide) groups is 1. The molecule has 0 spiro atoms. The molecule has 0 aliphatic rings. The van der Waals surface area contributed by atoms with Gasteiger partial charge in [0.1, 0.15) is 10.6 Å². The average molecular weight is 427 g/mol. The summed E-state index contributed by atoms with van der Waals surface area (Å²) in [6, 6.07) is 11.0. The molecular formula is C20H18N4O3S2. The van der Waals surface area contributed by atoms with Crippen LogP contribution in [0.2, 0.25) is 0 Å². The number of para-hydroxylation sites is 1. The fourth-order valence-corrected chi connectivity index (χ4v) is 4.79. The Hall–Kier alpha value is -2.91. The molecule has 9 heteroatoms. The topological polar surface area (TPSA) is 90.0 Å². The molecule has 1 N–H and O–H groups in total. The SMILES string of the molecule is Cc1cc(NC(=O)CSc2nc3sc(C)c(C)c3c(=O)n2-c2ccccc2)no1. The number of carbonyl (C=O) groups excluding carboxylic acids is 1. The van der Waals surface area contributed by atoms with Crippen molar-refractivity contribution < 1.29 is 9.32 Å². The first-order valence-electron chi connectivity index (χ1n) is 8.88. The van der Waals surface area contributed by atoms with E-state index < -0.39 is 0 Å². The molecule has 148 valence electrons. The van der Waals surface area contributed by atoms with Gasteiger partial charge in [0, 0.05) is 10.9 Å². The minimum Gasteiger partial charge on any atom is -0.360 e. The number of aromatic nitrogens is 3. The molecule has 0 atom stereocenters. The molecule has 0 fully saturated rings. The van der Waals surface area contributed by atoms with Crippen LogP contribution in [0.25, 0.3) is 15.9 Å². The second-order valence-electron chi connectivity index (χ2n) is 6.49. The number of hydrogen-bond acceptors (Lipinski definition) is 7. The Morgan fingerprint density at radius 3 is 2.69 bits per heavy atom. The first kappa shape index (κ1) is 19.4. The molecule has 0 bridgehead atoms. The zero-order valence-electron chi connectivity index (χ0n) is 16.1. The van der Waals surface area contributed by atoms with Crippen LogP contribution in [0.3, 0.4) is 0 Å². The monoisotopic (exact) mass is 426 g/mol. The van der Waals surface area contributed by atoms with Crippen molar-refractivity contribution in [3.63, 3.8) is 0 Å². The summed E-state index contributed by atoms with van der Waals surface area (Å²) in [5, 5.41) is 7.54. The highest BCUT2D eigenvalue weighted by atomic mass is 32.2.